The number of carbonyl (C=O) groups is 2. The summed E-state index contributed by atoms with van der Waals surface area (Å²) in [5, 5.41) is 0. The molecule has 0 saturated heterocycles. The Kier molecular flexibility index (Phi) is 6.28. The summed E-state index contributed by atoms with van der Waals surface area (Å²) in [5.74, 6) is 0.507. The van der Waals surface area contributed by atoms with E-state index in [0.717, 1.165) is 12.1 Å². The summed E-state index contributed by atoms with van der Waals surface area (Å²) in [7, 11) is -2.60. The highest BCUT2D eigenvalue weighted by Crippen LogP contribution is 2.28. The van der Waals surface area contributed by atoms with Crippen LogP contribution < -0.4 is 4.57 Å². The summed E-state index contributed by atoms with van der Waals surface area (Å²) in [6.07, 6.45) is 7.73. The molecule has 1 aliphatic rings. The van der Waals surface area contributed by atoms with E-state index < -0.39 is 20.8 Å². The van der Waals surface area contributed by atoms with Gasteiger partial charge in [-0.05, 0) is 24.6 Å². The van der Waals surface area contributed by atoms with Crippen LogP contribution in [0.4, 0.5) is 0 Å². The Morgan fingerprint density at radius 2 is 1.57 bits per heavy atom. The molecule has 0 fully saturated rings. The molecule has 0 bridgehead atoms. The second-order valence-corrected chi connectivity index (χ2v) is 8.37. The molecule has 1 heterocycles. The van der Waals surface area contributed by atoms with Crippen LogP contribution in [-0.4, -0.2) is 29.5 Å². The monoisotopic (exact) mass is 426 g/mol. The number of nitrogens with zero attached hydrogens (tertiary/aromatic N) is 1. The van der Waals surface area contributed by atoms with Gasteiger partial charge in [0.05, 0.1) is 11.9 Å². The van der Waals surface area contributed by atoms with Gasteiger partial charge in [-0.1, -0.05) is 37.6 Å². The van der Waals surface area contributed by atoms with Crippen molar-refractivity contribution >= 4 is 21.7 Å². The van der Waals surface area contributed by atoms with Gasteiger partial charge in [-0.2, -0.15) is 0 Å². The van der Waals surface area contributed by atoms with Crippen LogP contribution in [0.2, 0.25) is 0 Å². The van der Waals surface area contributed by atoms with Gasteiger partial charge in [-0.25, -0.2) is 18.0 Å². The van der Waals surface area contributed by atoms with Crippen molar-refractivity contribution < 1.29 is 27.1 Å². The maximum absolute atomic E-state index is 12.3. The van der Waals surface area contributed by atoms with Crippen molar-refractivity contribution in [3.63, 3.8) is 0 Å². The van der Waals surface area contributed by atoms with Crippen LogP contribution in [0.1, 0.15) is 57.4 Å². The molecule has 30 heavy (non-hydrogen) atoms. The van der Waals surface area contributed by atoms with E-state index >= 15 is 0 Å². The van der Waals surface area contributed by atoms with Gasteiger partial charge in [0.1, 0.15) is 22.5 Å². The zero-order valence-electron chi connectivity index (χ0n) is 16.7. The first kappa shape index (κ1) is 21.6. The first-order valence-electron chi connectivity index (χ1n) is 9.54. The molecular weight excluding hydrogens is 404 g/mol. The van der Waals surface area contributed by atoms with Crippen molar-refractivity contribution in [1.29, 1.82) is 0 Å². The van der Waals surface area contributed by atoms with E-state index in [-0.39, 0.29) is 28.0 Å². The van der Waals surface area contributed by atoms with Gasteiger partial charge in [0, 0.05) is 28.7 Å². The summed E-state index contributed by atoms with van der Waals surface area (Å²) < 4.78 is 35.1. The Balaban J connectivity index is 0.000000216. The Bertz CT molecular complexity index is 1210. The van der Waals surface area contributed by atoms with Crippen molar-refractivity contribution in [2.45, 2.75) is 31.1 Å². The molecule has 0 unspecified atom stereocenters. The Morgan fingerprint density at radius 3 is 2.10 bits per heavy atom. The number of fused-ring (bicyclic) bond motifs is 2. The van der Waals surface area contributed by atoms with E-state index in [4.69, 9.17) is 0 Å². The molecule has 3 aromatic rings. The summed E-state index contributed by atoms with van der Waals surface area (Å²) in [6, 6.07) is 9.51. The van der Waals surface area contributed by atoms with Gasteiger partial charge in [0.15, 0.2) is 11.6 Å². The molecule has 7 nitrogen and oxygen atoms in total. The Morgan fingerprint density at radius 1 is 0.967 bits per heavy atom. The van der Waals surface area contributed by atoms with E-state index in [9.17, 15) is 22.6 Å². The van der Waals surface area contributed by atoms with Crippen molar-refractivity contribution in [2.75, 3.05) is 0 Å². The molecule has 0 spiro atoms. The predicted molar refractivity (Wildman–Crippen MR) is 108 cm³/mol. The average molecular weight is 426 g/mol. The molecule has 0 atom stereocenters. The third kappa shape index (κ3) is 4.39. The van der Waals surface area contributed by atoms with Crippen molar-refractivity contribution in [1.82, 2.24) is 4.98 Å². The van der Waals surface area contributed by atoms with Crippen LogP contribution in [0.5, 0.6) is 0 Å². The highest BCUT2D eigenvalue weighted by molar-refractivity contribution is 7.85. The quantitative estimate of drug-likeness (QED) is 0.398. The average Bonchev–Trinajstić information content (AvgIpc) is 3.14. The van der Waals surface area contributed by atoms with Crippen LogP contribution in [0.3, 0.4) is 0 Å². The lowest BCUT2D eigenvalue weighted by Crippen LogP contribution is -2.30. The lowest BCUT2D eigenvalue weighted by molar-refractivity contribution is -0.677. The number of unbranched alkanes of at least 4 members (excludes halogenated alkanes) is 1. The van der Waals surface area contributed by atoms with Crippen LogP contribution in [0.25, 0.3) is 0 Å². The van der Waals surface area contributed by atoms with Gasteiger partial charge in [0.2, 0.25) is 0 Å². The predicted octanol–water partition coefficient (Wildman–Crippen LogP) is 2.55. The maximum atomic E-state index is 12.3. The van der Waals surface area contributed by atoms with Crippen LogP contribution in [-0.2, 0) is 23.6 Å². The van der Waals surface area contributed by atoms with Gasteiger partial charge < -0.3 is 4.55 Å². The lowest BCUT2D eigenvalue weighted by Gasteiger charge is -2.18. The Hall–Kier alpha value is -3.10. The first-order chi connectivity index (χ1) is 14.2. The molecule has 8 heteroatoms. The van der Waals surface area contributed by atoms with Crippen LogP contribution >= 0.6 is 0 Å². The normalized spacial score (nSPS) is 12.6. The fourth-order valence-corrected chi connectivity index (χ4v) is 3.76. The number of hydrogen-bond acceptors (Lipinski definition) is 5. The fourth-order valence-electron chi connectivity index (χ4n) is 3.26. The number of nitrogens with one attached hydrogen (secondary N) is 1. The number of ketones is 2. The molecule has 0 amide bonds. The van der Waals surface area contributed by atoms with Crippen LogP contribution in [0.15, 0.2) is 59.8 Å². The summed E-state index contributed by atoms with van der Waals surface area (Å²) >= 11 is 0. The largest absolute Gasteiger partial charge is 0.744 e. The van der Waals surface area contributed by atoms with E-state index in [0.29, 0.717) is 0 Å². The van der Waals surface area contributed by atoms with E-state index in [1.165, 1.54) is 43.3 Å². The van der Waals surface area contributed by atoms with Crippen LogP contribution in [0, 0.1) is 0 Å². The zero-order chi connectivity index (χ0) is 21.9. The van der Waals surface area contributed by atoms with Gasteiger partial charge >= 0.3 is 0 Å². The highest BCUT2D eigenvalue weighted by atomic mass is 32.2. The second kappa shape index (κ2) is 8.73. The summed E-state index contributed by atoms with van der Waals surface area (Å²) in [6.45, 7) is 2.21. The molecule has 0 saturated carbocycles. The standard InChI is InChI=1S/C14H8O5S.C8H14N2/c15-13-9-3-1-2-4-10(9)14(16)12-7-8(20(17,18)19)5-6-11(12)13;1-3-4-5-8-9-6-7-10(8)2/h1-7H,(H,17,18,19);6-7H,3-5H2,1-2H3. The topological polar surface area (TPSA) is 111 Å². The summed E-state index contributed by atoms with van der Waals surface area (Å²) in [4.78, 5) is 27.2. The molecule has 4 rings (SSSR count). The van der Waals surface area contributed by atoms with E-state index in [1.54, 1.807) is 12.1 Å². The number of rotatable bonds is 4. The van der Waals surface area contributed by atoms with Gasteiger partial charge in [-0.3, -0.25) is 9.59 Å². The number of aryl methyl sites for hydroxylation is 2. The molecule has 0 radical (unpaired) electrons. The SMILES string of the molecule is CCCCc1[nH]cc[n+]1C.O=C1c2ccccc2C(=O)c2cc(S(=O)(=O)[O-])ccc21. The summed E-state index contributed by atoms with van der Waals surface area (Å²) in [5.41, 5.74) is 0.555. The van der Waals surface area contributed by atoms with Gasteiger partial charge in [-0.15, -0.1) is 0 Å². The third-order valence-corrected chi connectivity index (χ3v) is 5.76. The second-order valence-electron chi connectivity index (χ2n) is 6.99. The molecular formula is C22H22N2O5S. The molecule has 1 aliphatic carbocycles. The van der Waals surface area contributed by atoms with Crippen molar-refractivity contribution in [3.05, 3.63) is 82.9 Å². The number of aromatic nitrogens is 2. The minimum Gasteiger partial charge on any atom is -0.744 e. The minimum atomic E-state index is -4.67. The molecule has 1 aromatic heterocycles. The molecule has 2 aromatic carbocycles. The maximum Gasteiger partial charge on any atom is 0.253 e. The number of imidazole rings is 1. The molecule has 156 valence electrons. The number of aromatic amines is 1. The minimum absolute atomic E-state index is 0.0503. The van der Waals surface area contributed by atoms with E-state index in [1.807, 2.05) is 12.4 Å². The third-order valence-electron chi connectivity index (χ3n) is 4.93. The smallest absolute Gasteiger partial charge is 0.253 e. The molecule has 0 aliphatic heterocycles. The number of H-pyrrole nitrogens is 1. The highest BCUT2D eigenvalue weighted by Gasteiger charge is 2.29. The van der Waals surface area contributed by atoms with Crippen molar-refractivity contribution in [3.8, 4) is 0 Å². The Labute approximate surface area is 175 Å². The van der Waals surface area contributed by atoms with Crippen molar-refractivity contribution in [2.24, 2.45) is 7.05 Å². The number of carbonyl (C=O) groups excluding carboxylic acids is 2. The molecule has 1 N–H and O–H groups in total. The zero-order valence-corrected chi connectivity index (χ0v) is 17.5. The fraction of sp³-hybridized carbons (Fsp3) is 0.227. The van der Waals surface area contributed by atoms with Gasteiger partial charge in [0.25, 0.3) is 5.82 Å². The lowest BCUT2D eigenvalue weighted by atomic mass is 9.84. The number of benzene rings is 2. The number of hydrogen-bond donors (Lipinski definition) is 1. The van der Waals surface area contributed by atoms with E-state index in [2.05, 4.69) is 23.5 Å². The first-order valence-corrected chi connectivity index (χ1v) is 10.9.